The number of nitrogens with zero attached hydrogens (tertiary/aromatic N) is 2. The van der Waals surface area contributed by atoms with Gasteiger partial charge in [-0.3, -0.25) is 4.79 Å². The molecule has 1 aromatic heterocycles. The lowest BCUT2D eigenvalue weighted by Gasteiger charge is -2.16. The van der Waals surface area contributed by atoms with E-state index in [1.807, 2.05) is 0 Å². The first-order chi connectivity index (χ1) is 9.97. The van der Waals surface area contributed by atoms with Gasteiger partial charge >= 0.3 is 0 Å². The van der Waals surface area contributed by atoms with E-state index in [-0.39, 0.29) is 17.4 Å². The zero-order valence-electron chi connectivity index (χ0n) is 11.9. The van der Waals surface area contributed by atoms with E-state index in [0.717, 1.165) is 0 Å². The van der Waals surface area contributed by atoms with Gasteiger partial charge in [-0.15, -0.1) is 0 Å². The molecule has 0 saturated heterocycles. The molecule has 1 atom stereocenters. The molecule has 0 aliphatic rings. The van der Waals surface area contributed by atoms with Crippen molar-refractivity contribution in [3.63, 3.8) is 0 Å². The number of halogens is 1. The predicted octanol–water partition coefficient (Wildman–Crippen LogP) is 2.32. The van der Waals surface area contributed by atoms with Crippen LogP contribution in [0.3, 0.4) is 0 Å². The van der Waals surface area contributed by atoms with Gasteiger partial charge in [-0.2, -0.15) is 0 Å². The van der Waals surface area contributed by atoms with E-state index in [1.54, 1.807) is 26.1 Å². The zero-order chi connectivity index (χ0) is 15.4. The second-order valence-electron chi connectivity index (χ2n) is 4.95. The van der Waals surface area contributed by atoms with E-state index < -0.39 is 6.10 Å². The first-order valence-electron chi connectivity index (χ1n) is 6.63. The number of aliphatic hydroxyl groups excluding tert-OH is 1. The molecule has 1 N–H and O–H groups in total. The van der Waals surface area contributed by atoms with Crippen molar-refractivity contribution in [1.29, 1.82) is 0 Å². The van der Waals surface area contributed by atoms with Crippen molar-refractivity contribution in [1.82, 2.24) is 10.1 Å². The summed E-state index contributed by atoms with van der Waals surface area (Å²) in [4.78, 5) is 13.6. The fourth-order valence-electron chi connectivity index (χ4n) is 1.80. The third-order valence-corrected chi connectivity index (χ3v) is 3.09. The summed E-state index contributed by atoms with van der Waals surface area (Å²) in [7, 11) is 1.64. The molecule has 1 unspecified atom stereocenters. The van der Waals surface area contributed by atoms with Crippen molar-refractivity contribution >= 4 is 5.91 Å². The Balaban J connectivity index is 2.08. The monoisotopic (exact) mass is 292 g/mol. The number of carbonyl (C=O) groups excluding carboxylic acids is 1. The Bertz CT molecular complexity index is 608. The van der Waals surface area contributed by atoms with E-state index in [0.29, 0.717) is 24.3 Å². The van der Waals surface area contributed by atoms with Crippen LogP contribution in [0.2, 0.25) is 0 Å². The van der Waals surface area contributed by atoms with Gasteiger partial charge in [0.05, 0.1) is 6.10 Å². The highest BCUT2D eigenvalue weighted by Crippen LogP contribution is 2.21. The SMILES string of the molecule is CC(O)CCN(C)C(=O)c1cc(-c2ccc(F)cc2)on1. The van der Waals surface area contributed by atoms with E-state index >= 15 is 0 Å². The fourth-order valence-corrected chi connectivity index (χ4v) is 1.80. The number of aromatic nitrogens is 1. The van der Waals surface area contributed by atoms with E-state index in [9.17, 15) is 14.3 Å². The molecule has 2 aromatic rings. The molecular formula is C15H17FN2O3. The van der Waals surface area contributed by atoms with Gasteiger partial charge in [0.15, 0.2) is 11.5 Å². The maximum atomic E-state index is 12.9. The molecule has 0 fully saturated rings. The summed E-state index contributed by atoms with van der Waals surface area (Å²) >= 11 is 0. The van der Waals surface area contributed by atoms with E-state index in [4.69, 9.17) is 4.52 Å². The summed E-state index contributed by atoms with van der Waals surface area (Å²) in [6.07, 6.45) is 0.0256. The molecule has 1 aromatic carbocycles. The molecule has 0 bridgehead atoms. The van der Waals surface area contributed by atoms with Crippen LogP contribution in [-0.4, -0.2) is 40.8 Å². The number of rotatable bonds is 5. The van der Waals surface area contributed by atoms with Crippen LogP contribution >= 0.6 is 0 Å². The average molecular weight is 292 g/mol. The molecule has 0 aliphatic heterocycles. The van der Waals surface area contributed by atoms with E-state index in [2.05, 4.69) is 5.16 Å². The topological polar surface area (TPSA) is 66.6 Å². The van der Waals surface area contributed by atoms with Crippen molar-refractivity contribution in [3.05, 3.63) is 41.8 Å². The zero-order valence-corrected chi connectivity index (χ0v) is 11.9. The van der Waals surface area contributed by atoms with Crippen LogP contribution in [0.5, 0.6) is 0 Å². The lowest BCUT2D eigenvalue weighted by molar-refractivity contribution is 0.0759. The normalized spacial score (nSPS) is 12.2. The number of hydrogen-bond donors (Lipinski definition) is 1. The Morgan fingerprint density at radius 3 is 2.71 bits per heavy atom. The van der Waals surface area contributed by atoms with Crippen LogP contribution in [-0.2, 0) is 0 Å². The molecule has 0 aliphatic carbocycles. The summed E-state index contributed by atoms with van der Waals surface area (Å²) in [5.41, 5.74) is 0.831. The van der Waals surface area contributed by atoms with Crippen molar-refractivity contribution in [2.24, 2.45) is 0 Å². The predicted molar refractivity (Wildman–Crippen MR) is 75.2 cm³/mol. The minimum absolute atomic E-state index is 0.183. The van der Waals surface area contributed by atoms with Crippen molar-refractivity contribution < 1.29 is 18.8 Å². The molecule has 1 amide bonds. The van der Waals surface area contributed by atoms with Crippen LogP contribution in [0.15, 0.2) is 34.9 Å². The van der Waals surface area contributed by atoms with Crippen molar-refractivity contribution in [3.8, 4) is 11.3 Å². The number of aliphatic hydroxyl groups is 1. The molecule has 0 radical (unpaired) electrons. The molecule has 0 spiro atoms. The number of benzene rings is 1. The molecule has 5 nitrogen and oxygen atoms in total. The standard InChI is InChI=1S/C15H17FN2O3/c1-10(19)7-8-18(2)15(20)13-9-14(21-17-13)11-3-5-12(16)6-4-11/h3-6,9-10,19H,7-8H2,1-2H3. The van der Waals surface area contributed by atoms with Crippen LogP contribution in [0.1, 0.15) is 23.8 Å². The smallest absolute Gasteiger partial charge is 0.275 e. The molecule has 1 heterocycles. The van der Waals surface area contributed by atoms with Gasteiger partial charge in [-0.05, 0) is 37.6 Å². The summed E-state index contributed by atoms with van der Waals surface area (Å²) in [6.45, 7) is 2.09. The summed E-state index contributed by atoms with van der Waals surface area (Å²) in [5.74, 6) is -0.220. The van der Waals surface area contributed by atoms with Gasteiger partial charge in [-0.25, -0.2) is 4.39 Å². The quantitative estimate of drug-likeness (QED) is 0.918. The minimum Gasteiger partial charge on any atom is -0.393 e. The fraction of sp³-hybridized carbons (Fsp3) is 0.333. The van der Waals surface area contributed by atoms with E-state index in [1.165, 1.54) is 23.1 Å². The number of amides is 1. The number of carbonyl (C=O) groups is 1. The molecular weight excluding hydrogens is 275 g/mol. The summed E-state index contributed by atoms with van der Waals surface area (Å²) < 4.78 is 18.0. The highest BCUT2D eigenvalue weighted by atomic mass is 19.1. The summed E-state index contributed by atoms with van der Waals surface area (Å²) in [5, 5.41) is 13.0. The van der Waals surface area contributed by atoms with Gasteiger partial charge in [0, 0.05) is 25.2 Å². The minimum atomic E-state index is -0.465. The Labute approximate surface area is 122 Å². The molecule has 2 rings (SSSR count). The maximum absolute atomic E-state index is 12.9. The lowest BCUT2D eigenvalue weighted by Crippen LogP contribution is -2.29. The first kappa shape index (κ1) is 15.2. The molecule has 0 saturated carbocycles. The van der Waals surface area contributed by atoms with Crippen LogP contribution in [0.4, 0.5) is 4.39 Å². The lowest BCUT2D eigenvalue weighted by atomic mass is 10.1. The summed E-state index contributed by atoms with van der Waals surface area (Å²) in [6, 6.07) is 7.26. The molecule has 21 heavy (non-hydrogen) atoms. The Kier molecular flexibility index (Phi) is 4.70. The Morgan fingerprint density at radius 2 is 2.10 bits per heavy atom. The second kappa shape index (κ2) is 6.49. The first-order valence-corrected chi connectivity index (χ1v) is 6.63. The third-order valence-electron chi connectivity index (χ3n) is 3.09. The molecule has 6 heteroatoms. The van der Waals surface area contributed by atoms with Gasteiger partial charge in [0.25, 0.3) is 5.91 Å². The largest absolute Gasteiger partial charge is 0.393 e. The highest BCUT2D eigenvalue weighted by Gasteiger charge is 2.17. The van der Waals surface area contributed by atoms with Crippen LogP contribution < -0.4 is 0 Å². The van der Waals surface area contributed by atoms with Gasteiger partial charge in [-0.1, -0.05) is 5.16 Å². The second-order valence-corrected chi connectivity index (χ2v) is 4.95. The third kappa shape index (κ3) is 3.88. The molecule has 112 valence electrons. The van der Waals surface area contributed by atoms with Crippen LogP contribution in [0.25, 0.3) is 11.3 Å². The maximum Gasteiger partial charge on any atom is 0.275 e. The highest BCUT2D eigenvalue weighted by molar-refractivity contribution is 5.92. The Hall–Kier alpha value is -2.21. The van der Waals surface area contributed by atoms with Crippen molar-refractivity contribution in [2.75, 3.05) is 13.6 Å². The average Bonchev–Trinajstić information content (AvgIpc) is 2.94. The van der Waals surface area contributed by atoms with Gasteiger partial charge in [0.1, 0.15) is 5.82 Å². The van der Waals surface area contributed by atoms with Crippen molar-refractivity contribution in [2.45, 2.75) is 19.4 Å². The number of hydrogen-bond acceptors (Lipinski definition) is 4. The Morgan fingerprint density at radius 1 is 1.43 bits per heavy atom. The van der Waals surface area contributed by atoms with Crippen LogP contribution in [0, 0.1) is 5.82 Å². The van der Waals surface area contributed by atoms with Gasteiger partial charge < -0.3 is 14.5 Å². The van der Waals surface area contributed by atoms with Gasteiger partial charge in [0.2, 0.25) is 0 Å².